The number of nitrogens with zero attached hydrogens (tertiary/aromatic N) is 2. The first-order valence-electron chi connectivity index (χ1n) is 20.9. The van der Waals surface area contributed by atoms with Gasteiger partial charge in [-0.3, -0.25) is 0 Å². The van der Waals surface area contributed by atoms with Crippen LogP contribution in [0.4, 0.5) is 105 Å². The number of benzene rings is 6. The molecule has 2 nitrogen and oxygen atoms in total. The van der Waals surface area contributed by atoms with Crippen LogP contribution in [0.2, 0.25) is 0 Å². The van der Waals surface area contributed by atoms with Crippen LogP contribution in [-0.4, -0.2) is 6.15 Å². The van der Waals surface area contributed by atoms with Crippen LogP contribution >= 0.6 is 0 Å². The molecule has 0 saturated heterocycles. The zero-order valence-corrected chi connectivity index (χ0v) is 37.0. The molecule has 0 aliphatic carbocycles. The lowest BCUT2D eigenvalue weighted by atomic mass is 9.12. The third-order valence-corrected chi connectivity index (χ3v) is 11.7. The second-order valence-electron chi connectivity index (χ2n) is 16.7. The van der Waals surface area contributed by atoms with Gasteiger partial charge in [-0.1, -0.05) is 84.9 Å². The number of nitriles is 1. The number of hydrogen-bond donors (Lipinski definition) is 0. The summed E-state index contributed by atoms with van der Waals surface area (Å²) in [6.07, 6.45) is -52.8. The van der Waals surface area contributed by atoms with Gasteiger partial charge < -0.3 is 0 Å². The number of halogens is 24. The molecular weight excluding hydrogens is 1080 g/mol. The average Bonchev–Trinajstić information content (AvgIpc) is 3.29. The number of aromatic nitrogens is 1. The fraction of sp³-hybridized carbons (Fsp3) is 0.184. The van der Waals surface area contributed by atoms with E-state index >= 15 is 0 Å². The number of hydrogen-bond acceptors (Lipinski definition) is 1. The van der Waals surface area contributed by atoms with Gasteiger partial charge in [0.2, 0.25) is 5.52 Å². The normalized spacial score (nSPS) is 13.3. The van der Waals surface area contributed by atoms with E-state index in [1.54, 1.807) is 0 Å². The van der Waals surface area contributed by atoms with Crippen molar-refractivity contribution in [2.45, 2.75) is 56.0 Å². The van der Waals surface area contributed by atoms with Gasteiger partial charge in [-0.05, 0) is 42.5 Å². The first-order chi connectivity index (χ1) is 34.6. The van der Waals surface area contributed by atoms with Gasteiger partial charge in [0.15, 0.2) is 12.7 Å². The van der Waals surface area contributed by atoms with Crippen molar-refractivity contribution in [3.63, 3.8) is 0 Å². The molecule has 0 amide bonds. The lowest BCUT2D eigenvalue weighted by molar-refractivity contribution is -0.662. The Kier molecular flexibility index (Phi) is 15.2. The summed E-state index contributed by atoms with van der Waals surface area (Å²) in [7, 11) is 0. The summed E-state index contributed by atoms with van der Waals surface area (Å²) in [5, 5.41) is 10.4. The molecule has 6 aromatic carbocycles. The maximum absolute atomic E-state index is 14.2. The van der Waals surface area contributed by atoms with E-state index < -0.39 is 195 Å². The molecule has 7 aromatic rings. The Labute approximate surface area is 411 Å². The third-order valence-electron chi connectivity index (χ3n) is 11.7. The highest BCUT2D eigenvalue weighted by Crippen LogP contribution is 2.41. The van der Waals surface area contributed by atoms with E-state index in [-0.39, 0.29) is 0 Å². The molecule has 0 atom stereocenters. The molecule has 27 heteroatoms. The molecule has 0 fully saturated rings. The molecule has 1 heterocycles. The second kappa shape index (κ2) is 20.0. The minimum Gasteiger partial charge on any atom is -0.194 e. The van der Waals surface area contributed by atoms with Crippen LogP contribution in [0.25, 0.3) is 10.9 Å². The molecule has 7 rings (SSSR count). The van der Waals surface area contributed by atoms with Crippen LogP contribution in [0.5, 0.6) is 0 Å². The minimum absolute atomic E-state index is 0.691. The Morgan fingerprint density at radius 2 is 0.618 bits per heavy atom. The minimum atomic E-state index is -6.13. The van der Waals surface area contributed by atoms with Crippen molar-refractivity contribution in [3.05, 3.63) is 195 Å². The zero-order chi connectivity index (χ0) is 57.0. The maximum atomic E-state index is 14.2. The lowest BCUT2D eigenvalue weighted by Crippen LogP contribution is -2.75. The van der Waals surface area contributed by atoms with Crippen molar-refractivity contribution in [2.24, 2.45) is 0 Å². The smallest absolute Gasteiger partial charge is 0.194 e. The largest absolute Gasteiger partial charge is 0.416 e. The van der Waals surface area contributed by atoms with E-state index in [9.17, 15) is 111 Å². The Morgan fingerprint density at radius 1 is 0.342 bits per heavy atom. The van der Waals surface area contributed by atoms with E-state index in [1.807, 2.05) is 54.7 Å². The fourth-order valence-electron chi connectivity index (χ4n) is 8.41. The second-order valence-corrected chi connectivity index (χ2v) is 16.7. The lowest BCUT2D eigenvalue weighted by Gasteiger charge is -2.46. The summed E-state index contributed by atoms with van der Waals surface area (Å²) < 4.78 is 343. The maximum Gasteiger partial charge on any atom is 0.416 e. The van der Waals surface area contributed by atoms with Crippen molar-refractivity contribution >= 4 is 38.9 Å². The molecule has 0 aliphatic rings. The van der Waals surface area contributed by atoms with Gasteiger partial charge >= 0.3 is 49.4 Å². The van der Waals surface area contributed by atoms with E-state index in [4.69, 9.17) is 0 Å². The van der Waals surface area contributed by atoms with Crippen molar-refractivity contribution in [1.82, 2.24) is 0 Å². The van der Waals surface area contributed by atoms with Crippen LogP contribution in [-0.2, 0) is 56.0 Å². The van der Waals surface area contributed by atoms with Gasteiger partial charge in [0.1, 0.15) is 17.8 Å². The molecule has 0 saturated carbocycles. The van der Waals surface area contributed by atoms with Crippen LogP contribution in [0.3, 0.4) is 0 Å². The van der Waals surface area contributed by atoms with E-state index in [0.717, 1.165) is 17.4 Å². The molecule has 0 spiro atoms. The molecule has 1 aromatic heterocycles. The third kappa shape index (κ3) is 12.6. The summed E-state index contributed by atoms with van der Waals surface area (Å²) in [5.74, 6) is 0. The highest BCUT2D eigenvalue weighted by molar-refractivity contribution is 7.20. The van der Waals surface area contributed by atoms with Gasteiger partial charge in [0.05, 0.1) is 44.5 Å². The predicted molar refractivity (Wildman–Crippen MR) is 224 cm³/mol. The van der Waals surface area contributed by atoms with Crippen molar-refractivity contribution < 1.29 is 110 Å². The molecule has 0 radical (unpaired) electrons. The van der Waals surface area contributed by atoms with Crippen LogP contribution in [0, 0.1) is 11.3 Å². The first-order valence-corrected chi connectivity index (χ1v) is 20.9. The SMILES string of the molecule is FC(F)(F)c1cc([B-](c2cc(C(F)(F)F)cc(C(F)(F)F)c2)(c2cc(C(F)(F)F)cc(C(F)(F)F)c2)c2cc(C(F)(F)F)cc(C(F)(F)F)c2)cc(C(F)(F)F)c1.N#Cc1cccc2ccc[n+](Cc3ccccc3)c12. The number of pyridine rings is 1. The van der Waals surface area contributed by atoms with Crippen LogP contribution < -0.4 is 26.4 Å². The van der Waals surface area contributed by atoms with Crippen molar-refractivity contribution in [3.8, 4) is 6.07 Å². The van der Waals surface area contributed by atoms with Gasteiger partial charge in [-0.15, -0.1) is 0 Å². The van der Waals surface area contributed by atoms with Crippen LogP contribution in [0.1, 0.15) is 55.6 Å². The molecule has 402 valence electrons. The Hall–Kier alpha value is -7.40. The van der Waals surface area contributed by atoms with Gasteiger partial charge in [-0.25, -0.2) is 0 Å². The quantitative estimate of drug-likeness (QED) is 0.0926. The topological polar surface area (TPSA) is 27.7 Å². The standard InChI is InChI=1S/C32H12BF24.C17H13N2/c34-25(35,36)13-1-14(26(37,38)39)6-21(5-13)33(22-7-15(27(40,41)42)2-16(8-22)28(43,44)45,23-9-17(29(46,47)48)3-18(10-23)30(49,50)51)24-11-19(31(52,53)54)4-20(12-24)32(55,56)57;18-12-16-9-4-8-15-10-5-11-19(17(15)16)13-14-6-2-1-3-7-14/h1-12H;1-11H,13H2/q-1;+1. The Bertz CT molecular complexity index is 2850. The summed E-state index contributed by atoms with van der Waals surface area (Å²) in [6.45, 7) is 0.775. The van der Waals surface area contributed by atoms with Gasteiger partial charge in [0, 0.05) is 17.0 Å². The Morgan fingerprint density at radius 3 is 0.882 bits per heavy atom. The number of rotatable bonds is 6. The number of fused-ring (bicyclic) bond motifs is 1. The summed E-state index contributed by atoms with van der Waals surface area (Å²) in [6, 6.07) is 13.6. The number of alkyl halides is 24. The summed E-state index contributed by atoms with van der Waals surface area (Å²) >= 11 is 0. The first kappa shape index (κ1) is 57.9. The van der Waals surface area contributed by atoms with E-state index in [2.05, 4.69) is 22.8 Å². The van der Waals surface area contributed by atoms with Gasteiger partial charge in [0.25, 0.3) is 0 Å². The fourth-order valence-corrected chi connectivity index (χ4v) is 8.41. The van der Waals surface area contributed by atoms with Crippen molar-refractivity contribution in [2.75, 3.05) is 0 Å². The number of para-hydroxylation sites is 1. The molecule has 0 aliphatic heterocycles. The van der Waals surface area contributed by atoms with Crippen LogP contribution in [0.15, 0.2) is 140 Å². The summed E-state index contributed by atoms with van der Waals surface area (Å²) in [4.78, 5) is 0. The zero-order valence-electron chi connectivity index (χ0n) is 37.0. The molecule has 0 bridgehead atoms. The Balaban J connectivity index is 0.000000408. The molecule has 0 unspecified atom stereocenters. The molecule has 0 N–H and O–H groups in total. The molecular formula is C49H25BF24N2. The van der Waals surface area contributed by atoms with E-state index in [1.165, 1.54) is 5.56 Å². The van der Waals surface area contributed by atoms with Crippen molar-refractivity contribution in [1.29, 1.82) is 5.26 Å². The monoisotopic (exact) mass is 1110 g/mol. The average molecular weight is 1110 g/mol. The van der Waals surface area contributed by atoms with Gasteiger partial charge in [-0.2, -0.15) is 137 Å². The summed E-state index contributed by atoms with van der Waals surface area (Å²) in [5.41, 5.74) is -27.3. The molecule has 76 heavy (non-hydrogen) atoms. The predicted octanol–water partition coefficient (Wildman–Crippen LogP) is 14.3. The highest BCUT2D eigenvalue weighted by Gasteiger charge is 2.47. The highest BCUT2D eigenvalue weighted by atomic mass is 19.4. The van der Waals surface area contributed by atoms with E-state index in [0.29, 0.717) is 5.56 Å².